The van der Waals surface area contributed by atoms with E-state index >= 15 is 0 Å². The second-order valence-electron chi connectivity index (χ2n) is 7.72. The smallest absolute Gasteiger partial charge is 0.257 e. The molecule has 1 fully saturated rings. The third-order valence-electron chi connectivity index (χ3n) is 5.48. The number of nitrogens with one attached hydrogen (secondary N) is 1. The molecule has 7 heteroatoms. The average Bonchev–Trinajstić information content (AvgIpc) is 2.65. The molecule has 2 aliphatic rings. The molecule has 27 heavy (non-hydrogen) atoms. The van der Waals surface area contributed by atoms with E-state index in [9.17, 15) is 13.6 Å². The lowest BCUT2D eigenvalue weighted by Gasteiger charge is -2.33. The van der Waals surface area contributed by atoms with Gasteiger partial charge in [-0.1, -0.05) is 13.0 Å². The second-order valence-corrected chi connectivity index (χ2v) is 7.72. The van der Waals surface area contributed by atoms with Crippen molar-refractivity contribution in [3.05, 3.63) is 57.0 Å². The molecular formula is C20H24F2N4O. The number of halogens is 2. The van der Waals surface area contributed by atoms with Gasteiger partial charge in [0.05, 0.1) is 11.3 Å². The Balaban J connectivity index is 1.51. The highest BCUT2D eigenvalue weighted by Gasteiger charge is 2.24. The minimum Gasteiger partial charge on any atom is -0.342 e. The highest BCUT2D eigenvalue weighted by molar-refractivity contribution is 5.35. The maximum Gasteiger partial charge on any atom is 0.257 e. The van der Waals surface area contributed by atoms with Crippen LogP contribution in [-0.2, 0) is 19.5 Å². The van der Waals surface area contributed by atoms with Crippen molar-refractivity contribution in [1.82, 2.24) is 14.9 Å². The second kappa shape index (κ2) is 7.38. The van der Waals surface area contributed by atoms with Crippen LogP contribution in [-0.4, -0.2) is 34.5 Å². The Labute approximate surface area is 157 Å². The van der Waals surface area contributed by atoms with Crippen LogP contribution in [0.2, 0.25) is 0 Å². The van der Waals surface area contributed by atoms with E-state index in [2.05, 4.69) is 21.7 Å². The number of hydrogen-bond donors (Lipinski definition) is 1. The van der Waals surface area contributed by atoms with Gasteiger partial charge in [-0.25, -0.2) is 13.8 Å². The average molecular weight is 374 g/mol. The van der Waals surface area contributed by atoms with Crippen LogP contribution in [0.5, 0.6) is 0 Å². The van der Waals surface area contributed by atoms with Crippen LogP contribution in [0.1, 0.15) is 36.6 Å². The van der Waals surface area contributed by atoms with Crippen LogP contribution in [0.25, 0.3) is 0 Å². The molecule has 1 atom stereocenters. The molecule has 0 amide bonds. The fourth-order valence-electron chi connectivity index (χ4n) is 4.03. The molecule has 0 aliphatic carbocycles. The third kappa shape index (κ3) is 3.88. The topological polar surface area (TPSA) is 52.2 Å². The van der Waals surface area contributed by atoms with Crippen molar-refractivity contribution in [2.45, 2.75) is 39.3 Å². The molecule has 0 bridgehead atoms. The number of H-pyrrole nitrogens is 1. The van der Waals surface area contributed by atoms with Gasteiger partial charge in [0.2, 0.25) is 5.95 Å². The molecule has 0 radical (unpaired) electrons. The van der Waals surface area contributed by atoms with Crippen molar-refractivity contribution in [3.8, 4) is 0 Å². The SMILES string of the molecule is C[C@H]1CCCN(c2nc3c(c(=O)[nH]2)CN(Cc2ccc(F)c(F)c2)CC3)C1. The zero-order valence-electron chi connectivity index (χ0n) is 15.5. The Bertz CT molecular complexity index is 898. The first-order chi connectivity index (χ1) is 13.0. The number of anilines is 1. The molecule has 144 valence electrons. The molecule has 2 aromatic rings. The summed E-state index contributed by atoms with van der Waals surface area (Å²) in [5.41, 5.74) is 2.13. The molecule has 1 aromatic heterocycles. The van der Waals surface area contributed by atoms with Crippen molar-refractivity contribution in [3.63, 3.8) is 0 Å². The minimum absolute atomic E-state index is 0.0942. The van der Waals surface area contributed by atoms with E-state index in [1.54, 1.807) is 6.07 Å². The standard InChI is InChI=1S/C20H24F2N4O/c1-13-3-2-7-26(10-13)20-23-18-6-8-25(12-15(18)19(27)24-20)11-14-4-5-16(21)17(22)9-14/h4-5,9,13H,2-3,6-8,10-12H2,1H3,(H,23,24,27)/t13-/m0/s1. The molecule has 1 N–H and O–H groups in total. The van der Waals surface area contributed by atoms with E-state index in [4.69, 9.17) is 4.98 Å². The molecule has 0 spiro atoms. The third-order valence-corrected chi connectivity index (χ3v) is 5.48. The maximum absolute atomic E-state index is 13.4. The molecule has 2 aliphatic heterocycles. The van der Waals surface area contributed by atoms with Gasteiger partial charge in [0.25, 0.3) is 5.56 Å². The van der Waals surface area contributed by atoms with Gasteiger partial charge in [-0.2, -0.15) is 0 Å². The first-order valence-electron chi connectivity index (χ1n) is 9.53. The van der Waals surface area contributed by atoms with Gasteiger partial charge < -0.3 is 4.90 Å². The summed E-state index contributed by atoms with van der Waals surface area (Å²) in [5.74, 6) is -0.404. The van der Waals surface area contributed by atoms with Crippen molar-refractivity contribution in [1.29, 1.82) is 0 Å². The number of aromatic nitrogens is 2. The van der Waals surface area contributed by atoms with Crippen LogP contribution in [0.4, 0.5) is 14.7 Å². The van der Waals surface area contributed by atoms with Gasteiger partial charge in [0.1, 0.15) is 0 Å². The first kappa shape index (κ1) is 18.1. The molecule has 1 aromatic carbocycles. The summed E-state index contributed by atoms with van der Waals surface area (Å²) in [7, 11) is 0. The number of fused-ring (bicyclic) bond motifs is 1. The van der Waals surface area contributed by atoms with Crippen molar-refractivity contribution < 1.29 is 8.78 Å². The molecule has 4 rings (SSSR count). The molecule has 1 saturated heterocycles. The Morgan fingerprint density at radius 2 is 2.11 bits per heavy atom. The molecule has 0 saturated carbocycles. The summed E-state index contributed by atoms with van der Waals surface area (Å²) in [6, 6.07) is 3.94. The van der Waals surface area contributed by atoms with Crippen LogP contribution < -0.4 is 10.5 Å². The van der Waals surface area contributed by atoms with Crippen LogP contribution in [0.15, 0.2) is 23.0 Å². The summed E-state index contributed by atoms with van der Waals surface area (Å²) in [6.45, 7) is 5.74. The van der Waals surface area contributed by atoms with Crippen LogP contribution >= 0.6 is 0 Å². The zero-order chi connectivity index (χ0) is 19.0. The number of rotatable bonds is 3. The predicted molar refractivity (Wildman–Crippen MR) is 99.6 cm³/mol. The lowest BCUT2D eigenvalue weighted by atomic mass is 10.0. The van der Waals surface area contributed by atoms with Gasteiger partial charge >= 0.3 is 0 Å². The highest BCUT2D eigenvalue weighted by Crippen LogP contribution is 2.22. The van der Waals surface area contributed by atoms with Gasteiger partial charge in [0.15, 0.2) is 11.6 Å². The van der Waals surface area contributed by atoms with Crippen molar-refractivity contribution >= 4 is 5.95 Å². The number of nitrogens with zero attached hydrogens (tertiary/aromatic N) is 3. The van der Waals surface area contributed by atoms with E-state index in [0.29, 0.717) is 42.5 Å². The van der Waals surface area contributed by atoms with E-state index < -0.39 is 11.6 Å². The number of hydrogen-bond acceptors (Lipinski definition) is 4. The molecule has 5 nitrogen and oxygen atoms in total. The van der Waals surface area contributed by atoms with Gasteiger partial charge in [-0.3, -0.25) is 14.7 Å². The normalized spacial score (nSPS) is 20.6. The van der Waals surface area contributed by atoms with Gasteiger partial charge in [0, 0.05) is 39.1 Å². The fraction of sp³-hybridized carbons (Fsp3) is 0.500. The maximum atomic E-state index is 13.4. The fourth-order valence-corrected chi connectivity index (χ4v) is 4.03. The molecular weight excluding hydrogens is 350 g/mol. The number of piperidine rings is 1. The first-order valence-corrected chi connectivity index (χ1v) is 9.53. The van der Waals surface area contributed by atoms with Crippen molar-refractivity contribution in [2.24, 2.45) is 5.92 Å². The van der Waals surface area contributed by atoms with Crippen LogP contribution in [0.3, 0.4) is 0 Å². The lowest BCUT2D eigenvalue weighted by Crippen LogP contribution is -2.39. The van der Waals surface area contributed by atoms with E-state index in [1.807, 2.05) is 0 Å². The van der Waals surface area contributed by atoms with Gasteiger partial charge in [-0.15, -0.1) is 0 Å². The Morgan fingerprint density at radius 3 is 2.89 bits per heavy atom. The summed E-state index contributed by atoms with van der Waals surface area (Å²) in [6.07, 6.45) is 3.01. The van der Waals surface area contributed by atoms with E-state index in [0.717, 1.165) is 37.8 Å². The predicted octanol–water partition coefficient (Wildman–Crippen LogP) is 2.84. The summed E-state index contributed by atoms with van der Waals surface area (Å²) < 4.78 is 26.5. The Kier molecular flexibility index (Phi) is 4.95. The minimum atomic E-state index is -0.844. The number of aromatic amines is 1. The van der Waals surface area contributed by atoms with E-state index in [1.165, 1.54) is 12.5 Å². The quantitative estimate of drug-likeness (QED) is 0.898. The van der Waals surface area contributed by atoms with E-state index in [-0.39, 0.29) is 5.56 Å². The summed E-state index contributed by atoms with van der Waals surface area (Å²) in [5, 5.41) is 0. The Morgan fingerprint density at radius 1 is 1.26 bits per heavy atom. The van der Waals surface area contributed by atoms with Crippen molar-refractivity contribution in [2.75, 3.05) is 24.5 Å². The monoisotopic (exact) mass is 374 g/mol. The summed E-state index contributed by atoms with van der Waals surface area (Å²) >= 11 is 0. The van der Waals surface area contributed by atoms with Gasteiger partial charge in [-0.05, 0) is 36.5 Å². The lowest BCUT2D eigenvalue weighted by molar-refractivity contribution is 0.241. The zero-order valence-corrected chi connectivity index (χ0v) is 15.5. The number of benzene rings is 1. The molecule has 3 heterocycles. The summed E-state index contributed by atoms with van der Waals surface area (Å²) in [4.78, 5) is 24.6. The largest absolute Gasteiger partial charge is 0.342 e. The Hall–Kier alpha value is -2.28. The molecule has 0 unspecified atom stereocenters. The van der Waals surface area contributed by atoms with Crippen LogP contribution in [0, 0.1) is 17.6 Å². The highest BCUT2D eigenvalue weighted by atomic mass is 19.2.